The lowest BCUT2D eigenvalue weighted by molar-refractivity contribution is 0.415. The van der Waals surface area contributed by atoms with Crippen LogP contribution in [0, 0.1) is 34.6 Å². The van der Waals surface area contributed by atoms with Crippen molar-refractivity contribution in [3.8, 4) is 5.75 Å². The highest BCUT2D eigenvalue weighted by molar-refractivity contribution is 6.42. The van der Waals surface area contributed by atoms with Crippen LogP contribution in [0.5, 0.6) is 5.75 Å². The molecule has 0 spiro atoms. The van der Waals surface area contributed by atoms with E-state index in [1.165, 1.54) is 16.3 Å². The maximum Gasteiger partial charge on any atom is 0.225 e. The van der Waals surface area contributed by atoms with Crippen molar-refractivity contribution in [3.05, 3.63) is 266 Å². The molecule has 0 saturated carbocycles. The largest absolute Gasteiger partial charge is 0.495 e. The van der Waals surface area contributed by atoms with Crippen LogP contribution < -0.4 is 62.8 Å². The summed E-state index contributed by atoms with van der Waals surface area (Å²) in [6.45, 7) is 47.3. The molecule has 0 bridgehead atoms. The number of hydrogen-bond acceptors (Lipinski definition) is 24. The highest BCUT2D eigenvalue weighted by Gasteiger charge is 2.21. The van der Waals surface area contributed by atoms with Crippen molar-refractivity contribution < 1.29 is 4.74 Å². The normalized spacial score (nSPS) is 11.4. The van der Waals surface area contributed by atoms with E-state index in [-0.39, 0.29) is 33.2 Å². The molecule has 0 unspecified atom stereocenters. The van der Waals surface area contributed by atoms with E-state index in [1.807, 2.05) is 162 Å². The third-order valence-electron chi connectivity index (χ3n) is 17.7. The van der Waals surface area contributed by atoms with Crippen LogP contribution in [0.3, 0.4) is 0 Å². The van der Waals surface area contributed by atoms with Gasteiger partial charge in [-0.25, -0.2) is 34.9 Å². The average Bonchev–Trinajstić information content (AvgIpc) is 1.80. The third kappa shape index (κ3) is 32.8. The van der Waals surface area contributed by atoms with Gasteiger partial charge in [-0.15, -0.1) is 0 Å². The van der Waals surface area contributed by atoms with E-state index in [9.17, 15) is 0 Å². The lowest BCUT2D eigenvalue weighted by atomic mass is 10.1. The van der Waals surface area contributed by atoms with Gasteiger partial charge in [-0.3, -0.25) is 0 Å². The number of anilines is 16. The Labute approximate surface area is 769 Å². The SMILES string of the molecule is CC(C)(C)Nc1nccc(Cc2ccccc2)n1.COc1cc(N(C)c2nc(NC(C)(C)C)ncc2C)ccc1Cl.Cc1cnc(NC(C)(C)C)nc1Nc1ccc(Cl)c(Cl)c1.Cc1cnc(NC(C)(C)C)nc1Nc1ccc(Cl)cc1.Cc1cnc(NC(C)(C)C)nc1Nc1cccc2[nH]ccc12.Cc1cnc(NC(C)(C)C)nc1Nc1cccc2ccccc12. The Morgan fingerprint density at radius 1 is 0.362 bits per heavy atom. The van der Waals surface area contributed by atoms with Crippen molar-refractivity contribution in [1.82, 2.24) is 64.8 Å². The van der Waals surface area contributed by atoms with E-state index in [0.717, 1.165) is 108 Å². The second-order valence-corrected chi connectivity index (χ2v) is 38.3. The number of methoxy groups -OCH3 is 1. The zero-order valence-corrected chi connectivity index (χ0v) is 80.6. The molecule has 0 radical (unpaired) electrons. The van der Waals surface area contributed by atoms with Crippen LogP contribution in [0.25, 0.3) is 21.7 Å². The smallest absolute Gasteiger partial charge is 0.225 e. The maximum absolute atomic E-state index is 6.10. The number of aryl methyl sites for hydroxylation is 5. The predicted molar refractivity (Wildman–Crippen MR) is 535 cm³/mol. The number of nitrogens with one attached hydrogen (secondary N) is 11. The Bertz CT molecular complexity index is 5930. The molecule has 7 aromatic carbocycles. The Balaban J connectivity index is 0.000000173. The molecule has 0 aliphatic heterocycles. The molecule has 0 aliphatic carbocycles. The lowest BCUT2D eigenvalue weighted by Crippen LogP contribution is -2.28. The molecule has 29 heteroatoms. The van der Waals surface area contributed by atoms with Gasteiger partial charge in [0.25, 0.3) is 0 Å². The van der Waals surface area contributed by atoms with Crippen LogP contribution >= 0.6 is 46.4 Å². The highest BCUT2D eigenvalue weighted by atomic mass is 35.5. The Hall–Kier alpha value is -12.4. The second kappa shape index (κ2) is 43.7. The first-order chi connectivity index (χ1) is 59.7. The van der Waals surface area contributed by atoms with Gasteiger partial charge in [-0.1, -0.05) is 119 Å². The number of H-pyrrole nitrogens is 1. The monoisotopic (exact) mass is 1790 g/mol. The number of nitrogens with zero attached hydrogens (tertiary/aromatic N) is 13. The number of ether oxygens (including phenoxy) is 1. The van der Waals surface area contributed by atoms with Gasteiger partial charge in [0.15, 0.2) is 0 Å². The van der Waals surface area contributed by atoms with Gasteiger partial charge in [0.05, 0.1) is 27.9 Å². The topological polar surface area (TPSA) is 303 Å². The molecular weight excluding hydrogens is 1670 g/mol. The quantitative estimate of drug-likeness (QED) is 0.0358. The highest BCUT2D eigenvalue weighted by Crippen LogP contribution is 2.36. The minimum atomic E-state index is -0.103. The fraction of sp³-hybridized carbons (Fsp3) is 0.327. The zero-order valence-electron chi connectivity index (χ0n) is 77.6. The van der Waals surface area contributed by atoms with Crippen LogP contribution in [-0.2, 0) is 6.42 Å². The van der Waals surface area contributed by atoms with Gasteiger partial charge >= 0.3 is 0 Å². The molecule has 127 heavy (non-hydrogen) atoms. The Morgan fingerprint density at radius 2 is 0.772 bits per heavy atom. The molecule has 668 valence electrons. The van der Waals surface area contributed by atoms with E-state index in [2.05, 4.69) is 303 Å². The zero-order chi connectivity index (χ0) is 92.8. The number of hydrogen-bond donors (Lipinski definition) is 11. The number of rotatable bonds is 19. The number of halogens is 4. The lowest BCUT2D eigenvalue weighted by Gasteiger charge is -2.24. The van der Waals surface area contributed by atoms with Gasteiger partial charge in [0.1, 0.15) is 34.8 Å². The molecule has 25 nitrogen and oxygen atoms in total. The van der Waals surface area contributed by atoms with E-state index >= 15 is 0 Å². The van der Waals surface area contributed by atoms with Crippen molar-refractivity contribution >= 4 is 161 Å². The van der Waals surface area contributed by atoms with Crippen LogP contribution in [0.1, 0.15) is 164 Å². The summed E-state index contributed by atoms with van der Waals surface area (Å²) in [6, 6.07) is 53.6. The van der Waals surface area contributed by atoms with Crippen LogP contribution in [-0.4, -0.2) is 112 Å². The molecule has 0 fully saturated rings. The Kier molecular flexibility index (Phi) is 33.8. The van der Waals surface area contributed by atoms with Gasteiger partial charge in [-0.2, -0.15) is 24.9 Å². The Morgan fingerprint density at radius 3 is 1.25 bits per heavy atom. The van der Waals surface area contributed by atoms with Crippen molar-refractivity contribution in [1.29, 1.82) is 0 Å². The fourth-order valence-electron chi connectivity index (χ4n) is 11.9. The minimum Gasteiger partial charge on any atom is -0.495 e. The van der Waals surface area contributed by atoms with Crippen molar-refractivity contribution in [2.45, 2.75) is 199 Å². The molecule has 7 heterocycles. The van der Waals surface area contributed by atoms with E-state index in [0.29, 0.717) is 61.5 Å². The standard InChI is InChI=1S/C19H22N4.C17H23ClN4O.C17H21N5.C15H18Cl2N4.C15H19ClN4.C15H19N3/c1-13-12-20-18(23-19(2,3)4)22-17(13)21-16-11-7-9-14-8-5-6-10-15(14)16;1-11-10-19-16(21-17(2,3)4)20-15(11)22(5)12-7-8-13(18)14(9-12)23-6;1-11-10-19-16(22-17(2,3)4)21-15(11)20-14-7-5-6-13-12(14)8-9-18-13;1-9-8-18-14(21-15(2,3)4)20-13(9)19-10-5-6-11(16)12(17)7-10;1-10-9-17-14(20-15(2,3)4)19-13(10)18-12-7-5-11(16)6-8-12;1-15(2,3)18-14-16-10-9-13(17-14)11-12-7-5-4-6-8-12/h5-12H,1-4H3,(H2,20,21,22,23);7-10H,1-6H3,(H,19,20,21);5-10,18H,1-4H3,(H2,19,20,21,22);5-8H,1-4H3,(H2,18,19,20,21);5-9H,1-4H3,(H2,17,18,19,20);4-10H,11H2,1-3H3,(H,16,17,18). The number of benzene rings is 7. The van der Waals surface area contributed by atoms with Crippen LogP contribution in [0.2, 0.25) is 20.1 Å². The molecule has 0 aliphatic rings. The summed E-state index contributed by atoms with van der Waals surface area (Å²) in [4.78, 5) is 58.5. The average molecular weight is 1790 g/mol. The molecule has 0 atom stereocenters. The first-order valence-electron chi connectivity index (χ1n) is 41.8. The van der Waals surface area contributed by atoms with Gasteiger partial charge < -0.3 is 67.8 Å². The van der Waals surface area contributed by atoms with Crippen LogP contribution in [0.15, 0.2) is 207 Å². The van der Waals surface area contributed by atoms with Gasteiger partial charge in [0, 0.05) is 174 Å². The molecule has 0 amide bonds. The first-order valence-corrected chi connectivity index (χ1v) is 43.3. The molecule has 11 N–H and O–H groups in total. The summed E-state index contributed by atoms with van der Waals surface area (Å²) in [5.41, 5.74) is 12.7. The number of aromatic nitrogens is 13. The van der Waals surface area contributed by atoms with Crippen LogP contribution in [0.4, 0.5) is 93.2 Å². The number of aromatic amines is 1. The molecular formula is C98H122Cl4N24O. The minimum absolute atomic E-state index is 0.0225. The van der Waals surface area contributed by atoms with E-state index in [4.69, 9.17) is 51.1 Å². The fourth-order valence-corrected chi connectivity index (χ4v) is 12.5. The molecule has 0 saturated heterocycles. The van der Waals surface area contributed by atoms with Gasteiger partial charge in [0.2, 0.25) is 35.7 Å². The van der Waals surface area contributed by atoms with Gasteiger partial charge in [-0.05, 0) is 255 Å². The third-order valence-corrected chi connectivity index (χ3v) is 19.0. The summed E-state index contributed by atoms with van der Waals surface area (Å²) in [5.74, 6) is 8.36. The molecule has 14 rings (SSSR count). The maximum atomic E-state index is 6.10. The van der Waals surface area contributed by atoms with Crippen molar-refractivity contribution in [3.63, 3.8) is 0 Å². The summed E-state index contributed by atoms with van der Waals surface area (Å²) >= 11 is 23.9. The number of fused-ring (bicyclic) bond motifs is 2. The first kappa shape index (κ1) is 98.4. The summed E-state index contributed by atoms with van der Waals surface area (Å²) in [7, 11) is 3.56. The summed E-state index contributed by atoms with van der Waals surface area (Å²) in [6.07, 6.45) is 13.7. The predicted octanol–water partition coefficient (Wildman–Crippen LogP) is 26.3. The van der Waals surface area contributed by atoms with Crippen molar-refractivity contribution in [2.75, 3.05) is 72.2 Å². The molecule has 14 aromatic rings. The van der Waals surface area contributed by atoms with E-state index < -0.39 is 0 Å². The summed E-state index contributed by atoms with van der Waals surface area (Å²) in [5, 5.41) is 38.9. The second-order valence-electron chi connectivity index (χ2n) is 36.7. The summed E-state index contributed by atoms with van der Waals surface area (Å²) < 4.78 is 5.29. The van der Waals surface area contributed by atoms with E-state index in [1.54, 1.807) is 37.8 Å². The molecule has 7 aromatic heterocycles. The van der Waals surface area contributed by atoms with Crippen molar-refractivity contribution in [2.24, 2.45) is 0 Å².